The van der Waals surface area contributed by atoms with Gasteiger partial charge < -0.3 is 4.84 Å². The lowest BCUT2D eigenvalue weighted by Gasteiger charge is -2.13. The van der Waals surface area contributed by atoms with Gasteiger partial charge in [0, 0.05) is 5.70 Å². The minimum absolute atomic E-state index is 0.342. The number of halogens is 3. The number of hydrogen-bond acceptors (Lipinski definition) is 3. The first-order valence-corrected chi connectivity index (χ1v) is 4.86. The molecule has 98 valence electrons. The number of hydrogen-bond donors (Lipinski definition) is 2. The van der Waals surface area contributed by atoms with Crippen LogP contribution in [0.1, 0.15) is 12.5 Å². The highest BCUT2D eigenvalue weighted by Gasteiger charge is 2.33. The Morgan fingerprint density at radius 3 is 2.50 bits per heavy atom. The molecule has 0 aliphatic rings. The van der Waals surface area contributed by atoms with E-state index in [1.165, 1.54) is 19.1 Å². The molecule has 4 nitrogen and oxygen atoms in total. The molecule has 0 aliphatic carbocycles. The molecular weight excluding hydrogens is 249 g/mol. The van der Waals surface area contributed by atoms with Crippen LogP contribution in [0.25, 0.3) is 0 Å². The first-order valence-electron chi connectivity index (χ1n) is 4.86. The number of alkyl halides is 3. The van der Waals surface area contributed by atoms with Crippen molar-refractivity contribution in [2.24, 2.45) is 0 Å². The van der Waals surface area contributed by atoms with Crippen molar-refractivity contribution >= 4 is 11.8 Å². The Morgan fingerprint density at radius 2 is 1.94 bits per heavy atom. The molecule has 0 radical (unpaired) electrons. The molecule has 0 heterocycles. The Kier molecular flexibility index (Phi) is 4.19. The third kappa shape index (κ3) is 4.00. The SMILES string of the molecule is C=C(C)NOC(=O)Nc1ccccc1C(F)(F)F. The summed E-state index contributed by atoms with van der Waals surface area (Å²) >= 11 is 0. The second-order valence-corrected chi connectivity index (χ2v) is 3.44. The second-order valence-electron chi connectivity index (χ2n) is 3.44. The zero-order valence-corrected chi connectivity index (χ0v) is 9.47. The van der Waals surface area contributed by atoms with Crippen LogP contribution < -0.4 is 10.8 Å². The van der Waals surface area contributed by atoms with Crippen molar-refractivity contribution in [1.82, 2.24) is 5.48 Å². The van der Waals surface area contributed by atoms with Gasteiger partial charge in [0.15, 0.2) is 0 Å². The summed E-state index contributed by atoms with van der Waals surface area (Å²) in [5.74, 6) is 0. The molecule has 0 unspecified atom stereocenters. The molecule has 0 aliphatic heterocycles. The van der Waals surface area contributed by atoms with Crippen molar-refractivity contribution in [2.45, 2.75) is 13.1 Å². The van der Waals surface area contributed by atoms with Crippen molar-refractivity contribution in [3.05, 3.63) is 42.1 Å². The van der Waals surface area contributed by atoms with Gasteiger partial charge in [0.05, 0.1) is 11.3 Å². The van der Waals surface area contributed by atoms with Crippen LogP contribution in [0.2, 0.25) is 0 Å². The summed E-state index contributed by atoms with van der Waals surface area (Å²) in [6.07, 6.45) is -5.61. The molecule has 1 aromatic carbocycles. The minimum Gasteiger partial charge on any atom is -0.324 e. The van der Waals surface area contributed by atoms with Crippen molar-refractivity contribution < 1.29 is 22.8 Å². The van der Waals surface area contributed by atoms with Gasteiger partial charge in [-0.3, -0.25) is 5.32 Å². The van der Waals surface area contributed by atoms with E-state index in [0.717, 1.165) is 12.1 Å². The summed E-state index contributed by atoms with van der Waals surface area (Å²) in [4.78, 5) is 15.6. The van der Waals surface area contributed by atoms with E-state index >= 15 is 0 Å². The zero-order chi connectivity index (χ0) is 13.8. The average Bonchev–Trinajstić information content (AvgIpc) is 2.25. The average molecular weight is 260 g/mol. The molecule has 1 aromatic rings. The number of para-hydroxylation sites is 1. The maximum absolute atomic E-state index is 12.6. The van der Waals surface area contributed by atoms with E-state index in [2.05, 4.69) is 16.9 Å². The van der Waals surface area contributed by atoms with Crippen molar-refractivity contribution in [3.63, 3.8) is 0 Å². The predicted molar refractivity (Wildman–Crippen MR) is 59.5 cm³/mol. The Balaban J connectivity index is 2.79. The smallest absolute Gasteiger partial charge is 0.324 e. The molecule has 18 heavy (non-hydrogen) atoms. The topological polar surface area (TPSA) is 50.4 Å². The second kappa shape index (κ2) is 5.44. The maximum Gasteiger partial charge on any atom is 0.435 e. The van der Waals surface area contributed by atoms with Crippen molar-refractivity contribution in [1.29, 1.82) is 0 Å². The fourth-order valence-electron chi connectivity index (χ4n) is 1.11. The third-order valence-corrected chi connectivity index (χ3v) is 1.79. The van der Waals surface area contributed by atoms with Gasteiger partial charge in [0.2, 0.25) is 0 Å². The van der Waals surface area contributed by atoms with E-state index in [4.69, 9.17) is 0 Å². The largest absolute Gasteiger partial charge is 0.435 e. The minimum atomic E-state index is -4.55. The molecular formula is C11H11F3N2O2. The molecule has 1 rings (SSSR count). The van der Waals surface area contributed by atoms with Gasteiger partial charge in [-0.05, 0) is 19.1 Å². The summed E-state index contributed by atoms with van der Waals surface area (Å²) in [6.45, 7) is 4.92. The van der Waals surface area contributed by atoms with E-state index < -0.39 is 17.8 Å². The Bertz CT molecular complexity index is 458. The fourth-order valence-corrected chi connectivity index (χ4v) is 1.11. The van der Waals surface area contributed by atoms with Gasteiger partial charge in [-0.15, -0.1) is 0 Å². The number of anilines is 1. The quantitative estimate of drug-likeness (QED) is 0.820. The van der Waals surface area contributed by atoms with Gasteiger partial charge in [0.1, 0.15) is 0 Å². The monoisotopic (exact) mass is 260 g/mol. The molecule has 0 spiro atoms. The van der Waals surface area contributed by atoms with Crippen molar-refractivity contribution in [2.75, 3.05) is 5.32 Å². The van der Waals surface area contributed by atoms with Crippen LogP contribution in [0.3, 0.4) is 0 Å². The van der Waals surface area contributed by atoms with E-state index in [0.29, 0.717) is 5.70 Å². The summed E-state index contributed by atoms with van der Waals surface area (Å²) in [6, 6.07) is 4.59. The van der Waals surface area contributed by atoms with Crippen LogP contribution in [0, 0.1) is 0 Å². The molecule has 7 heteroatoms. The number of benzene rings is 1. The molecule has 0 fully saturated rings. The van der Waals surface area contributed by atoms with Crippen LogP contribution in [0.4, 0.5) is 23.7 Å². The normalized spacial score (nSPS) is 10.7. The van der Waals surface area contributed by atoms with Crippen LogP contribution in [0.15, 0.2) is 36.5 Å². The molecule has 0 atom stereocenters. The molecule has 0 saturated heterocycles. The summed E-state index contributed by atoms with van der Waals surface area (Å²) < 4.78 is 37.8. The van der Waals surface area contributed by atoms with Crippen molar-refractivity contribution in [3.8, 4) is 0 Å². The van der Waals surface area contributed by atoms with Crippen LogP contribution in [0.5, 0.6) is 0 Å². The van der Waals surface area contributed by atoms with E-state index in [-0.39, 0.29) is 5.69 Å². The van der Waals surface area contributed by atoms with Gasteiger partial charge >= 0.3 is 12.3 Å². The standard InChI is InChI=1S/C11H11F3N2O2/c1-7(2)16-18-10(17)15-9-6-4-3-5-8(9)11(12,13)14/h3-6,16H,1H2,2H3,(H,15,17). The fraction of sp³-hybridized carbons (Fsp3) is 0.182. The van der Waals surface area contributed by atoms with E-state index in [1.807, 2.05) is 5.32 Å². The number of hydroxylamine groups is 1. The van der Waals surface area contributed by atoms with Gasteiger partial charge in [-0.25, -0.2) is 10.3 Å². The van der Waals surface area contributed by atoms with Gasteiger partial charge in [0.25, 0.3) is 0 Å². The lowest BCUT2D eigenvalue weighted by Crippen LogP contribution is -2.23. The highest BCUT2D eigenvalue weighted by molar-refractivity contribution is 5.85. The first-order chi connectivity index (χ1) is 8.30. The third-order valence-electron chi connectivity index (χ3n) is 1.79. The number of nitrogens with one attached hydrogen (secondary N) is 2. The summed E-state index contributed by atoms with van der Waals surface area (Å²) in [7, 11) is 0. The molecule has 2 N–H and O–H groups in total. The summed E-state index contributed by atoms with van der Waals surface area (Å²) in [5, 5.41) is 1.99. The Morgan fingerprint density at radius 1 is 1.33 bits per heavy atom. The van der Waals surface area contributed by atoms with E-state index in [9.17, 15) is 18.0 Å². The molecule has 0 saturated carbocycles. The predicted octanol–water partition coefficient (Wildman–Crippen LogP) is 3.29. The van der Waals surface area contributed by atoms with Gasteiger partial charge in [-0.2, -0.15) is 13.2 Å². The Hall–Kier alpha value is -2.18. The zero-order valence-electron chi connectivity index (χ0n) is 9.47. The number of rotatable bonds is 3. The lowest BCUT2D eigenvalue weighted by molar-refractivity contribution is -0.136. The Labute approximate surface area is 101 Å². The number of amides is 1. The maximum atomic E-state index is 12.6. The van der Waals surface area contributed by atoms with E-state index in [1.54, 1.807) is 0 Å². The highest BCUT2D eigenvalue weighted by atomic mass is 19.4. The number of carbonyl (C=O) groups is 1. The highest BCUT2D eigenvalue weighted by Crippen LogP contribution is 2.34. The van der Waals surface area contributed by atoms with Crippen LogP contribution >= 0.6 is 0 Å². The van der Waals surface area contributed by atoms with Crippen LogP contribution in [-0.2, 0) is 11.0 Å². The molecule has 0 bridgehead atoms. The lowest BCUT2D eigenvalue weighted by atomic mass is 10.2. The number of carbonyl (C=O) groups excluding carboxylic acids is 1. The van der Waals surface area contributed by atoms with Gasteiger partial charge in [-0.1, -0.05) is 18.7 Å². The summed E-state index contributed by atoms with van der Waals surface area (Å²) in [5.41, 5.74) is 1.15. The molecule has 1 amide bonds. The first kappa shape index (κ1) is 13.9. The number of allylic oxidation sites excluding steroid dienone is 1. The van der Waals surface area contributed by atoms with Crippen LogP contribution in [-0.4, -0.2) is 6.09 Å². The molecule has 0 aromatic heterocycles.